The first-order valence-electron chi connectivity index (χ1n) is 11.2. The number of nitrogens with zero attached hydrogens (tertiary/aromatic N) is 3. The maximum atomic E-state index is 13.1. The van der Waals surface area contributed by atoms with E-state index in [9.17, 15) is 9.59 Å². The van der Waals surface area contributed by atoms with Gasteiger partial charge in [-0.05, 0) is 36.1 Å². The monoisotopic (exact) mass is 525 g/mol. The molecule has 0 fully saturated rings. The summed E-state index contributed by atoms with van der Waals surface area (Å²) >= 11 is 2.93. The zero-order valence-corrected chi connectivity index (χ0v) is 21.0. The third kappa shape index (κ3) is 4.69. The van der Waals surface area contributed by atoms with E-state index in [0.717, 1.165) is 10.7 Å². The van der Waals surface area contributed by atoms with E-state index in [-0.39, 0.29) is 19.2 Å². The van der Waals surface area contributed by atoms with Gasteiger partial charge in [-0.1, -0.05) is 30.0 Å². The number of hydrogen-bond donors (Lipinski definition) is 2. The topological polar surface area (TPSA) is 117 Å². The van der Waals surface area contributed by atoms with E-state index in [4.69, 9.17) is 14.2 Å². The predicted octanol–water partition coefficient (Wildman–Crippen LogP) is 3.88. The highest BCUT2D eigenvalue weighted by atomic mass is 32.2. The lowest BCUT2D eigenvalue weighted by Crippen LogP contribution is -2.46. The van der Waals surface area contributed by atoms with Gasteiger partial charge < -0.3 is 24.8 Å². The van der Waals surface area contributed by atoms with Crippen molar-refractivity contribution in [3.8, 4) is 22.2 Å². The lowest BCUT2D eigenvalue weighted by Gasteiger charge is -2.29. The number of carbonyl (C=O) groups is 2. The Morgan fingerprint density at radius 2 is 2.19 bits per heavy atom. The number of carbonyl (C=O) groups excluding carboxylic acids is 2. The molecule has 1 aromatic carbocycles. The standard InChI is InChI=1S/C24H23N5O5S2/c1-3-9-29-21(18-6-5-10-35-18)27-28-24(29)36-12-15-19(22(30)32-4-2)20(26-23(31)25-15)14-7-8-16-17(11-14)34-13-33-16/h3,5-8,10-11,20H,1,4,9,12-13H2,2H3,(H2,25,26,31)/t20-/m1/s1. The van der Waals surface area contributed by atoms with E-state index in [2.05, 4.69) is 27.4 Å². The molecule has 186 valence electrons. The predicted molar refractivity (Wildman–Crippen MR) is 135 cm³/mol. The summed E-state index contributed by atoms with van der Waals surface area (Å²) in [6, 6.07) is 8.10. The SMILES string of the molecule is C=CCn1c(SCC2=C(C(=O)OCC)[C@@H](c3ccc4c(c3)OCO4)NC(=O)N2)nnc1-c1cccs1. The fraction of sp³-hybridized carbons (Fsp3) is 0.250. The number of amides is 2. The second kappa shape index (κ2) is 10.5. The van der Waals surface area contributed by atoms with Crippen LogP contribution in [0.2, 0.25) is 0 Å². The van der Waals surface area contributed by atoms with Gasteiger partial charge in [-0.2, -0.15) is 0 Å². The quantitative estimate of drug-likeness (QED) is 0.246. The van der Waals surface area contributed by atoms with Gasteiger partial charge in [0.15, 0.2) is 22.5 Å². The molecule has 0 bridgehead atoms. The summed E-state index contributed by atoms with van der Waals surface area (Å²) in [6.07, 6.45) is 1.77. The molecular formula is C24H23N5O5S2. The van der Waals surface area contributed by atoms with Crippen LogP contribution in [0.5, 0.6) is 11.5 Å². The zero-order chi connectivity index (χ0) is 25.1. The average Bonchev–Trinajstić information content (AvgIpc) is 3.63. The minimum Gasteiger partial charge on any atom is -0.463 e. The van der Waals surface area contributed by atoms with E-state index >= 15 is 0 Å². The highest BCUT2D eigenvalue weighted by Gasteiger charge is 2.35. The Hall–Kier alpha value is -3.77. The Kier molecular flexibility index (Phi) is 6.96. The lowest BCUT2D eigenvalue weighted by atomic mass is 9.95. The van der Waals surface area contributed by atoms with Gasteiger partial charge in [-0.3, -0.25) is 4.57 Å². The van der Waals surface area contributed by atoms with Crippen molar-refractivity contribution in [1.82, 2.24) is 25.4 Å². The lowest BCUT2D eigenvalue weighted by molar-refractivity contribution is -0.139. The number of thioether (sulfide) groups is 1. The van der Waals surface area contributed by atoms with Crippen LogP contribution in [-0.4, -0.2) is 45.9 Å². The molecule has 0 radical (unpaired) electrons. The van der Waals surface area contributed by atoms with Crippen LogP contribution in [0.3, 0.4) is 0 Å². The first-order chi connectivity index (χ1) is 17.6. The molecule has 2 aliphatic heterocycles. The third-order valence-corrected chi connectivity index (χ3v) is 7.35. The average molecular weight is 526 g/mol. The van der Waals surface area contributed by atoms with Crippen molar-refractivity contribution in [2.24, 2.45) is 0 Å². The van der Waals surface area contributed by atoms with E-state index in [0.29, 0.717) is 40.0 Å². The second-order valence-electron chi connectivity index (χ2n) is 7.73. The van der Waals surface area contributed by atoms with Crippen molar-refractivity contribution in [1.29, 1.82) is 0 Å². The summed E-state index contributed by atoms with van der Waals surface area (Å²) in [4.78, 5) is 26.7. The Morgan fingerprint density at radius 3 is 2.97 bits per heavy atom. The first-order valence-corrected chi connectivity index (χ1v) is 13.0. The van der Waals surface area contributed by atoms with E-state index < -0.39 is 18.0 Å². The molecule has 0 spiro atoms. The number of esters is 1. The summed E-state index contributed by atoms with van der Waals surface area (Å²) in [5, 5.41) is 17.0. The number of rotatable bonds is 9. The van der Waals surface area contributed by atoms with E-state index in [1.165, 1.54) is 11.8 Å². The number of fused-ring (bicyclic) bond motifs is 1. The van der Waals surface area contributed by atoms with Gasteiger partial charge in [0.2, 0.25) is 6.79 Å². The van der Waals surface area contributed by atoms with Crippen molar-refractivity contribution in [3.05, 3.63) is 65.2 Å². The number of aromatic nitrogens is 3. The molecular weight excluding hydrogens is 502 g/mol. The summed E-state index contributed by atoms with van der Waals surface area (Å²) < 4.78 is 18.2. The van der Waals surface area contributed by atoms with Crippen LogP contribution in [0.25, 0.3) is 10.7 Å². The molecule has 36 heavy (non-hydrogen) atoms. The molecule has 2 amide bonds. The van der Waals surface area contributed by atoms with Crippen LogP contribution in [0.1, 0.15) is 18.5 Å². The van der Waals surface area contributed by atoms with Crippen LogP contribution < -0.4 is 20.1 Å². The molecule has 1 atom stereocenters. The Bertz CT molecular complexity index is 1330. The number of nitrogens with one attached hydrogen (secondary N) is 2. The maximum absolute atomic E-state index is 13.1. The van der Waals surface area contributed by atoms with Gasteiger partial charge >= 0.3 is 12.0 Å². The molecule has 2 N–H and O–H groups in total. The fourth-order valence-electron chi connectivity index (χ4n) is 3.94. The van der Waals surface area contributed by atoms with Gasteiger partial charge in [-0.25, -0.2) is 9.59 Å². The summed E-state index contributed by atoms with van der Waals surface area (Å²) in [6.45, 7) is 6.42. The minimum atomic E-state index is -0.726. The number of benzene rings is 1. The van der Waals surface area contributed by atoms with Crippen molar-refractivity contribution >= 4 is 35.1 Å². The highest BCUT2D eigenvalue weighted by molar-refractivity contribution is 7.99. The van der Waals surface area contributed by atoms with Crippen LogP contribution in [0.4, 0.5) is 4.79 Å². The minimum absolute atomic E-state index is 0.124. The molecule has 4 heterocycles. The van der Waals surface area contributed by atoms with Crippen LogP contribution >= 0.6 is 23.1 Å². The highest BCUT2D eigenvalue weighted by Crippen LogP contribution is 2.38. The summed E-state index contributed by atoms with van der Waals surface area (Å²) in [7, 11) is 0. The fourth-order valence-corrected chi connectivity index (χ4v) is 5.57. The molecule has 0 unspecified atom stereocenters. The molecule has 10 nitrogen and oxygen atoms in total. The number of hydrogen-bond acceptors (Lipinski definition) is 9. The number of thiophene rings is 1. The Morgan fingerprint density at radius 1 is 1.33 bits per heavy atom. The normalized spacial score (nSPS) is 16.5. The van der Waals surface area contributed by atoms with Crippen LogP contribution in [0.15, 0.2) is 64.8 Å². The van der Waals surface area contributed by atoms with Gasteiger partial charge in [0.1, 0.15) is 0 Å². The number of urea groups is 1. The molecule has 0 saturated heterocycles. The first kappa shape index (κ1) is 23.9. The molecule has 0 saturated carbocycles. The van der Waals surface area contributed by atoms with Crippen LogP contribution in [0, 0.1) is 0 Å². The third-order valence-electron chi connectivity index (χ3n) is 5.49. The van der Waals surface area contributed by atoms with Crippen molar-refractivity contribution in [2.45, 2.75) is 24.7 Å². The summed E-state index contributed by atoms with van der Waals surface area (Å²) in [5.74, 6) is 1.65. The van der Waals surface area contributed by atoms with E-state index in [1.54, 1.807) is 42.5 Å². The van der Waals surface area contributed by atoms with Crippen LogP contribution in [-0.2, 0) is 16.1 Å². The largest absolute Gasteiger partial charge is 0.463 e. The second-order valence-corrected chi connectivity index (χ2v) is 9.62. The van der Waals surface area contributed by atoms with Crippen molar-refractivity contribution in [3.63, 3.8) is 0 Å². The summed E-state index contributed by atoms with van der Waals surface area (Å²) in [5.41, 5.74) is 1.43. The number of allylic oxidation sites excluding steroid dienone is 1. The van der Waals surface area contributed by atoms with Gasteiger partial charge in [0, 0.05) is 18.0 Å². The zero-order valence-electron chi connectivity index (χ0n) is 19.4. The molecule has 5 rings (SSSR count). The smallest absolute Gasteiger partial charge is 0.338 e. The van der Waals surface area contributed by atoms with Crippen molar-refractivity contribution < 1.29 is 23.8 Å². The van der Waals surface area contributed by atoms with E-state index in [1.807, 2.05) is 22.1 Å². The number of ether oxygens (including phenoxy) is 3. The molecule has 2 aliphatic rings. The van der Waals surface area contributed by atoms with Gasteiger partial charge in [-0.15, -0.1) is 28.1 Å². The molecule has 3 aromatic rings. The Balaban J connectivity index is 1.49. The Labute approximate surface area is 215 Å². The van der Waals surface area contributed by atoms with Crippen molar-refractivity contribution in [2.75, 3.05) is 19.2 Å². The molecule has 0 aliphatic carbocycles. The molecule has 2 aromatic heterocycles. The van der Waals surface area contributed by atoms with Gasteiger partial charge in [0.25, 0.3) is 0 Å². The van der Waals surface area contributed by atoms with Gasteiger partial charge in [0.05, 0.1) is 23.1 Å². The molecule has 12 heteroatoms. The maximum Gasteiger partial charge on any atom is 0.338 e.